The number of carbonyl (C=O) groups excluding carboxylic acids is 4. The van der Waals surface area contributed by atoms with Crippen molar-refractivity contribution < 1.29 is 38.5 Å². The van der Waals surface area contributed by atoms with E-state index in [1.807, 2.05) is 30.3 Å². The lowest BCUT2D eigenvalue weighted by Crippen LogP contribution is -2.57. The summed E-state index contributed by atoms with van der Waals surface area (Å²) in [6.07, 6.45) is 3.66. The molecule has 11 nitrogen and oxygen atoms in total. The second-order valence-electron chi connectivity index (χ2n) is 13.0. The van der Waals surface area contributed by atoms with E-state index in [2.05, 4.69) is 34.4 Å². The van der Waals surface area contributed by atoms with Crippen molar-refractivity contribution in [2.45, 2.75) is 73.7 Å². The lowest BCUT2D eigenvalue weighted by molar-refractivity contribution is -0.162. The zero-order valence-electron chi connectivity index (χ0n) is 28.5. The Bertz CT molecular complexity index is 1550. The molecular formula is C38H46BrN3O8. The van der Waals surface area contributed by atoms with Crippen LogP contribution in [0.15, 0.2) is 79.9 Å². The Morgan fingerprint density at radius 2 is 1.86 bits per heavy atom. The van der Waals surface area contributed by atoms with E-state index in [0.29, 0.717) is 42.7 Å². The van der Waals surface area contributed by atoms with Crippen LogP contribution in [0.5, 0.6) is 5.75 Å². The number of amides is 3. The van der Waals surface area contributed by atoms with Crippen molar-refractivity contribution in [2.24, 2.45) is 11.8 Å². The van der Waals surface area contributed by atoms with Crippen LogP contribution in [-0.2, 0) is 28.7 Å². The number of fused-ring (bicyclic) bond motifs is 1. The Kier molecular flexibility index (Phi) is 12.2. The molecule has 2 aromatic carbocycles. The number of benzene rings is 2. The third kappa shape index (κ3) is 7.24. The first-order valence-corrected chi connectivity index (χ1v) is 18.0. The maximum Gasteiger partial charge on any atom is 0.313 e. The van der Waals surface area contributed by atoms with Crippen molar-refractivity contribution in [3.8, 4) is 5.75 Å². The topological polar surface area (TPSA) is 135 Å². The average molecular weight is 753 g/mol. The molecule has 3 aliphatic heterocycles. The number of esters is 1. The number of aliphatic hydroxyl groups excluding tert-OH is 1. The summed E-state index contributed by atoms with van der Waals surface area (Å²) in [7, 11) is 1.56. The van der Waals surface area contributed by atoms with Gasteiger partial charge in [-0.3, -0.25) is 19.2 Å². The molecule has 12 heteroatoms. The fourth-order valence-electron chi connectivity index (χ4n) is 7.61. The van der Waals surface area contributed by atoms with Crippen molar-refractivity contribution in [2.75, 3.05) is 31.7 Å². The zero-order chi connectivity index (χ0) is 36.0. The molecule has 3 fully saturated rings. The summed E-state index contributed by atoms with van der Waals surface area (Å²) < 4.78 is 18.3. The van der Waals surface area contributed by atoms with Crippen LogP contribution in [0.3, 0.4) is 0 Å². The van der Waals surface area contributed by atoms with Crippen LogP contribution in [0, 0.1) is 11.8 Å². The largest absolute Gasteiger partial charge is 0.497 e. The number of alkyl halides is 1. The number of hydrogen-bond acceptors (Lipinski definition) is 8. The molecular weight excluding hydrogens is 706 g/mol. The summed E-state index contributed by atoms with van der Waals surface area (Å²) in [4.78, 5) is 59.1. The van der Waals surface area contributed by atoms with Crippen molar-refractivity contribution >= 4 is 45.3 Å². The Balaban J connectivity index is 1.49. The van der Waals surface area contributed by atoms with Crippen LogP contribution in [0.1, 0.15) is 50.7 Å². The van der Waals surface area contributed by atoms with E-state index in [4.69, 9.17) is 14.2 Å². The molecule has 5 rings (SSSR count). The van der Waals surface area contributed by atoms with Gasteiger partial charge in [0.1, 0.15) is 23.5 Å². The number of methoxy groups -OCH3 is 1. The molecule has 268 valence electrons. The molecule has 2 N–H and O–H groups in total. The average Bonchev–Trinajstić information content (AvgIpc) is 3.71. The highest BCUT2D eigenvalue weighted by Crippen LogP contribution is 2.60. The molecule has 3 heterocycles. The van der Waals surface area contributed by atoms with Gasteiger partial charge in [-0.1, -0.05) is 58.4 Å². The fourth-order valence-corrected chi connectivity index (χ4v) is 8.56. The van der Waals surface area contributed by atoms with Crippen molar-refractivity contribution in [1.29, 1.82) is 0 Å². The number of aliphatic hydroxyl groups is 1. The summed E-state index contributed by atoms with van der Waals surface area (Å²) in [6.45, 7) is 9.61. The van der Waals surface area contributed by atoms with Gasteiger partial charge in [0.2, 0.25) is 11.8 Å². The summed E-state index contributed by atoms with van der Waals surface area (Å²) >= 11 is 3.73. The predicted octanol–water partition coefficient (Wildman–Crippen LogP) is 4.49. The highest BCUT2D eigenvalue weighted by Gasteiger charge is 2.77. The second kappa shape index (κ2) is 16.3. The minimum atomic E-state index is -1.31. The quantitative estimate of drug-likeness (QED) is 0.105. The van der Waals surface area contributed by atoms with E-state index in [1.54, 1.807) is 55.4 Å². The van der Waals surface area contributed by atoms with Crippen molar-refractivity contribution in [1.82, 2.24) is 10.2 Å². The molecule has 3 saturated heterocycles. The number of carbonyl (C=O) groups is 4. The van der Waals surface area contributed by atoms with E-state index >= 15 is 0 Å². The van der Waals surface area contributed by atoms with Gasteiger partial charge in [0.25, 0.3) is 5.91 Å². The molecule has 1 spiro atoms. The van der Waals surface area contributed by atoms with E-state index in [9.17, 15) is 24.3 Å². The summed E-state index contributed by atoms with van der Waals surface area (Å²) in [5.74, 6) is -2.93. The van der Waals surface area contributed by atoms with Gasteiger partial charge in [0.15, 0.2) is 0 Å². The smallest absolute Gasteiger partial charge is 0.313 e. The molecule has 3 aliphatic rings. The molecule has 50 heavy (non-hydrogen) atoms. The molecule has 3 amide bonds. The van der Waals surface area contributed by atoms with Crippen LogP contribution in [0.25, 0.3) is 0 Å². The maximum absolute atomic E-state index is 14.8. The van der Waals surface area contributed by atoms with Gasteiger partial charge in [0.05, 0.1) is 31.1 Å². The van der Waals surface area contributed by atoms with Crippen LogP contribution in [0.2, 0.25) is 0 Å². The molecule has 2 aromatic rings. The molecule has 2 bridgehead atoms. The van der Waals surface area contributed by atoms with Gasteiger partial charge < -0.3 is 34.4 Å². The van der Waals surface area contributed by atoms with Gasteiger partial charge in [0, 0.05) is 36.6 Å². The van der Waals surface area contributed by atoms with Crippen molar-refractivity contribution in [3.05, 3.63) is 85.5 Å². The van der Waals surface area contributed by atoms with Crippen LogP contribution in [-0.4, -0.2) is 89.1 Å². The first-order valence-electron chi connectivity index (χ1n) is 17.1. The van der Waals surface area contributed by atoms with Crippen LogP contribution < -0.4 is 15.0 Å². The van der Waals surface area contributed by atoms with E-state index in [0.717, 1.165) is 0 Å². The summed E-state index contributed by atoms with van der Waals surface area (Å²) in [5.41, 5.74) is -0.0382. The first-order chi connectivity index (χ1) is 24.1. The molecule has 0 aliphatic carbocycles. The molecule has 1 unspecified atom stereocenters. The highest BCUT2D eigenvalue weighted by molar-refractivity contribution is 9.09. The number of hydrogen-bond donors (Lipinski definition) is 2. The first kappa shape index (κ1) is 37.3. The standard InChI is InChI=1S/C38H46BrN3O8/c1-5-7-15-29(44)40-24(3)32(25-13-9-8-10-14-25)49-37(47)30-31-35(45)42(21-11-12-22-43)34(38(31)23-28(39)33(30)50-38)36(46)41(20-6-2)26-16-18-27(48-4)19-17-26/h5-6,8-10,13-14,16-19,24,28,30-34,43H,1-2,7,11-12,15,20-23H2,3-4H3,(H,40,44)/t24-,28?,30-,31+,32-,33-,34-,38+/m0/s1. The van der Waals surface area contributed by atoms with Gasteiger partial charge in [-0.25, -0.2) is 0 Å². The van der Waals surface area contributed by atoms with E-state index < -0.39 is 47.7 Å². The van der Waals surface area contributed by atoms with Crippen molar-refractivity contribution in [3.63, 3.8) is 0 Å². The zero-order valence-corrected chi connectivity index (χ0v) is 30.1. The number of halogens is 1. The molecule has 0 saturated carbocycles. The lowest BCUT2D eigenvalue weighted by atomic mass is 9.70. The lowest BCUT2D eigenvalue weighted by Gasteiger charge is -2.37. The second-order valence-corrected chi connectivity index (χ2v) is 14.2. The highest BCUT2D eigenvalue weighted by atomic mass is 79.9. The maximum atomic E-state index is 14.8. The fraction of sp³-hybridized carbons (Fsp3) is 0.474. The van der Waals surface area contributed by atoms with Crippen LogP contribution >= 0.6 is 15.9 Å². The summed E-state index contributed by atoms with van der Waals surface area (Å²) in [6, 6.07) is 14.5. The van der Waals surface area contributed by atoms with Gasteiger partial charge in [-0.15, -0.1) is 13.2 Å². The Hall–Kier alpha value is -4.00. The monoisotopic (exact) mass is 751 g/mol. The number of anilines is 1. The number of rotatable bonds is 17. The number of nitrogens with zero attached hydrogens (tertiary/aromatic N) is 2. The Morgan fingerprint density at radius 1 is 1.14 bits per heavy atom. The summed E-state index contributed by atoms with van der Waals surface area (Å²) in [5, 5.41) is 12.5. The van der Waals surface area contributed by atoms with Gasteiger partial charge in [-0.2, -0.15) is 0 Å². The number of likely N-dealkylation sites (tertiary alicyclic amines) is 1. The predicted molar refractivity (Wildman–Crippen MR) is 192 cm³/mol. The van der Waals surface area contributed by atoms with E-state index in [1.165, 1.54) is 4.90 Å². The minimum absolute atomic E-state index is 0.0656. The molecule has 0 aromatic heterocycles. The number of unbranched alkanes of at least 4 members (excludes halogenated alkanes) is 1. The van der Waals surface area contributed by atoms with E-state index in [-0.39, 0.29) is 48.7 Å². The SMILES string of the molecule is C=CCCC(=O)N[C@@H](C)[C@H](OC(=O)[C@@H]1[C@H]2O[C@@]3(CC2Br)[C@H](C(=O)N(CC=C)c2ccc(OC)cc2)N(CCCCO)C(=O)[C@@H]13)c1ccccc1. The third-order valence-electron chi connectivity index (χ3n) is 9.85. The number of nitrogens with one attached hydrogen (secondary N) is 1. The Labute approximate surface area is 301 Å². The minimum Gasteiger partial charge on any atom is -0.497 e. The molecule has 0 radical (unpaired) electrons. The number of ether oxygens (including phenoxy) is 3. The Morgan fingerprint density at radius 3 is 2.50 bits per heavy atom. The molecule has 8 atom stereocenters. The van der Waals surface area contributed by atoms with Gasteiger partial charge >= 0.3 is 5.97 Å². The van der Waals surface area contributed by atoms with Crippen LogP contribution in [0.4, 0.5) is 5.69 Å². The van der Waals surface area contributed by atoms with Gasteiger partial charge in [-0.05, 0) is 62.4 Å². The number of allylic oxidation sites excluding steroid dienone is 1. The normalized spacial score (nSPS) is 26.1. The third-order valence-corrected chi connectivity index (χ3v) is 10.7.